The first-order valence-corrected chi connectivity index (χ1v) is 14.8. The van der Waals surface area contributed by atoms with Crippen molar-refractivity contribution in [3.8, 4) is 11.8 Å². The molecule has 3 heterocycles. The summed E-state index contributed by atoms with van der Waals surface area (Å²) in [6.45, 7) is 0.750. The molecule has 1 fully saturated rings. The highest BCUT2D eigenvalue weighted by molar-refractivity contribution is 7.99. The van der Waals surface area contributed by atoms with E-state index in [1.165, 1.54) is 53.7 Å². The van der Waals surface area contributed by atoms with Crippen molar-refractivity contribution in [3.63, 3.8) is 0 Å². The molecule has 1 amide bonds. The maximum Gasteiger partial charge on any atom is 0.418 e. The van der Waals surface area contributed by atoms with Crippen LogP contribution in [-0.2, 0) is 11.0 Å². The van der Waals surface area contributed by atoms with Crippen LogP contribution < -0.4 is 14.8 Å². The van der Waals surface area contributed by atoms with Crippen LogP contribution in [0.2, 0.25) is 0 Å². The Hall–Kier alpha value is -4.81. The molecule has 1 aliphatic rings. The van der Waals surface area contributed by atoms with Crippen LogP contribution in [0.15, 0.2) is 75.8 Å². The number of nitro benzene ring substituents is 1. The van der Waals surface area contributed by atoms with Crippen LogP contribution in [0.5, 0.6) is 0 Å². The molecule has 4 aromatic rings. The van der Waals surface area contributed by atoms with E-state index >= 15 is 0 Å². The number of piperidine rings is 1. The number of benzene rings is 2. The van der Waals surface area contributed by atoms with E-state index in [1.807, 2.05) is 6.07 Å². The van der Waals surface area contributed by atoms with Crippen LogP contribution in [0.1, 0.15) is 30.4 Å². The van der Waals surface area contributed by atoms with Gasteiger partial charge in [0.2, 0.25) is 0 Å². The Bertz CT molecular complexity index is 1960. The lowest BCUT2D eigenvalue weighted by Gasteiger charge is -2.26. The standard InChI is InChI=1S/C29H21F3N6O4S2/c30-29(31,32)20-7-2-3-8-21(20)37-26(40)24(43-27(37)19(17-33)25(39)36-13-4-1-5-14-36)16-18-9-10-23(22(15-18)38(41)42)44-28-34-11-6-12-35-28/h2-3,6-12,15-16H,1,4-5,13-14H2/b24-16-,27-19-. The van der Waals surface area contributed by atoms with Gasteiger partial charge in [-0.15, -0.1) is 11.3 Å². The largest absolute Gasteiger partial charge is 0.418 e. The van der Waals surface area contributed by atoms with Gasteiger partial charge in [-0.3, -0.25) is 24.3 Å². The number of aromatic nitrogens is 3. The Morgan fingerprint density at radius 2 is 1.80 bits per heavy atom. The molecule has 2 aromatic heterocycles. The molecule has 1 aliphatic heterocycles. The highest BCUT2D eigenvalue weighted by Crippen LogP contribution is 2.34. The predicted octanol–water partition coefficient (Wildman–Crippen LogP) is 4.28. The Balaban J connectivity index is 1.74. The van der Waals surface area contributed by atoms with Crippen molar-refractivity contribution < 1.29 is 22.9 Å². The number of amides is 1. The van der Waals surface area contributed by atoms with Gasteiger partial charge in [-0.25, -0.2) is 9.97 Å². The van der Waals surface area contributed by atoms with Gasteiger partial charge in [0.1, 0.15) is 10.7 Å². The van der Waals surface area contributed by atoms with Gasteiger partial charge in [0.15, 0.2) is 10.7 Å². The Kier molecular flexibility index (Phi) is 8.93. The van der Waals surface area contributed by atoms with E-state index in [0.717, 1.165) is 34.9 Å². The summed E-state index contributed by atoms with van der Waals surface area (Å²) < 4.78 is 42.5. The second-order valence-corrected chi connectivity index (χ2v) is 11.6. The summed E-state index contributed by atoms with van der Waals surface area (Å²) in [5.74, 6) is -0.682. The van der Waals surface area contributed by atoms with Gasteiger partial charge in [-0.2, -0.15) is 18.4 Å². The van der Waals surface area contributed by atoms with Crippen LogP contribution in [0, 0.1) is 21.4 Å². The van der Waals surface area contributed by atoms with Crippen molar-refractivity contribution >= 4 is 46.3 Å². The predicted molar refractivity (Wildman–Crippen MR) is 156 cm³/mol. The number of carbonyl (C=O) groups excluding carboxylic acids is 1. The maximum atomic E-state index is 14.1. The van der Waals surface area contributed by atoms with Gasteiger partial charge in [0, 0.05) is 31.5 Å². The van der Waals surface area contributed by atoms with Gasteiger partial charge in [0.25, 0.3) is 17.2 Å². The summed E-state index contributed by atoms with van der Waals surface area (Å²) in [6.07, 6.45) is 1.73. The number of likely N-dealkylation sites (tertiary alicyclic amines) is 1. The maximum absolute atomic E-state index is 14.1. The average molecular weight is 639 g/mol. The van der Waals surface area contributed by atoms with E-state index in [1.54, 1.807) is 6.07 Å². The third-order valence-corrected chi connectivity index (χ3v) is 8.73. The number of hydrogen-bond acceptors (Lipinski definition) is 9. The summed E-state index contributed by atoms with van der Waals surface area (Å²) in [6, 6.07) is 12.0. The molecule has 0 N–H and O–H groups in total. The lowest BCUT2D eigenvalue weighted by atomic mass is 10.1. The average Bonchev–Trinajstić information content (AvgIpc) is 3.33. The topological polar surface area (TPSA) is 135 Å². The third kappa shape index (κ3) is 6.41. The molecule has 15 heteroatoms. The third-order valence-electron chi connectivity index (χ3n) is 6.68. The Morgan fingerprint density at radius 1 is 1.09 bits per heavy atom. The number of rotatable bonds is 6. The minimum Gasteiger partial charge on any atom is -0.338 e. The van der Waals surface area contributed by atoms with Gasteiger partial charge >= 0.3 is 6.18 Å². The first kappa shape index (κ1) is 30.6. The first-order chi connectivity index (χ1) is 21.1. The number of thiazole rings is 1. The molecule has 0 spiro atoms. The van der Waals surface area contributed by atoms with E-state index in [2.05, 4.69) is 9.97 Å². The van der Waals surface area contributed by atoms with E-state index < -0.39 is 39.4 Å². The van der Waals surface area contributed by atoms with Gasteiger partial charge in [-0.1, -0.05) is 18.2 Å². The summed E-state index contributed by atoms with van der Waals surface area (Å²) in [4.78, 5) is 48.3. The molecule has 0 atom stereocenters. The van der Waals surface area contributed by atoms with Crippen LogP contribution in [0.4, 0.5) is 18.9 Å². The molecule has 224 valence electrons. The van der Waals surface area contributed by atoms with Crippen molar-refractivity contribution in [2.75, 3.05) is 13.1 Å². The molecule has 0 unspecified atom stereocenters. The molecule has 10 nitrogen and oxygen atoms in total. The lowest BCUT2D eigenvalue weighted by Crippen LogP contribution is -2.39. The summed E-state index contributed by atoms with van der Waals surface area (Å²) in [5, 5.41) is 22.2. The van der Waals surface area contributed by atoms with Gasteiger partial charge in [-0.05, 0) is 66.9 Å². The minimum atomic E-state index is -4.85. The number of para-hydroxylation sites is 1. The molecule has 1 saturated heterocycles. The monoisotopic (exact) mass is 638 g/mol. The second-order valence-electron chi connectivity index (χ2n) is 9.53. The quantitative estimate of drug-likeness (QED) is 0.174. The number of halogens is 3. The molecular weight excluding hydrogens is 617 g/mol. The van der Waals surface area contributed by atoms with E-state index in [4.69, 9.17) is 0 Å². The normalized spacial score (nSPS) is 14.7. The summed E-state index contributed by atoms with van der Waals surface area (Å²) in [7, 11) is 0. The number of carbonyl (C=O) groups is 1. The molecule has 0 saturated carbocycles. The molecule has 0 aliphatic carbocycles. The smallest absolute Gasteiger partial charge is 0.338 e. The van der Waals surface area contributed by atoms with Crippen molar-refractivity contribution in [1.82, 2.24) is 19.4 Å². The molecular formula is C29H21F3N6O4S2. The van der Waals surface area contributed by atoms with Crippen molar-refractivity contribution in [1.29, 1.82) is 5.26 Å². The van der Waals surface area contributed by atoms with Crippen molar-refractivity contribution in [2.24, 2.45) is 0 Å². The van der Waals surface area contributed by atoms with E-state index in [0.29, 0.717) is 37.3 Å². The van der Waals surface area contributed by atoms with Crippen molar-refractivity contribution in [2.45, 2.75) is 35.5 Å². The van der Waals surface area contributed by atoms with Crippen LogP contribution in [-0.4, -0.2) is 43.4 Å². The molecule has 0 radical (unpaired) electrons. The van der Waals surface area contributed by atoms with E-state index in [9.17, 15) is 38.1 Å². The zero-order valence-electron chi connectivity index (χ0n) is 22.7. The summed E-state index contributed by atoms with van der Waals surface area (Å²) >= 11 is 1.63. The Morgan fingerprint density at radius 3 is 2.45 bits per heavy atom. The zero-order chi connectivity index (χ0) is 31.4. The van der Waals surface area contributed by atoms with Crippen molar-refractivity contribution in [3.05, 3.63) is 102 Å². The fourth-order valence-electron chi connectivity index (χ4n) is 4.66. The van der Waals surface area contributed by atoms with Crippen LogP contribution in [0.25, 0.3) is 17.3 Å². The molecule has 2 aromatic carbocycles. The number of alkyl halides is 3. The fraction of sp³-hybridized carbons (Fsp3) is 0.207. The summed E-state index contributed by atoms with van der Waals surface area (Å²) in [5.41, 5.74) is -3.16. The van der Waals surface area contributed by atoms with E-state index in [-0.39, 0.29) is 30.5 Å². The Labute approximate surface area is 255 Å². The lowest BCUT2D eigenvalue weighted by molar-refractivity contribution is -0.387. The van der Waals surface area contributed by atoms with Gasteiger partial charge in [0.05, 0.1) is 25.6 Å². The first-order valence-electron chi connectivity index (χ1n) is 13.2. The number of nitrogens with zero attached hydrogens (tertiary/aromatic N) is 6. The molecule has 44 heavy (non-hydrogen) atoms. The number of nitro groups is 1. The fourth-order valence-corrected chi connectivity index (χ4v) is 6.55. The number of hydrogen-bond donors (Lipinski definition) is 0. The van der Waals surface area contributed by atoms with Gasteiger partial charge < -0.3 is 4.90 Å². The highest BCUT2D eigenvalue weighted by Gasteiger charge is 2.35. The number of nitriles is 1. The SMILES string of the molecule is N#C/C(C(=O)N1CCCCC1)=c1/s/c(=C\c2ccc(Sc3ncccn3)c([N+](=O)[O-])c2)c(=O)n1-c1ccccc1C(F)(F)F. The molecule has 0 bridgehead atoms. The minimum absolute atomic E-state index is 0.128. The zero-order valence-corrected chi connectivity index (χ0v) is 24.3. The van der Waals surface area contributed by atoms with Crippen LogP contribution >= 0.6 is 23.1 Å². The molecule has 5 rings (SSSR count). The highest BCUT2D eigenvalue weighted by atomic mass is 32.2. The van der Waals surface area contributed by atoms with Crippen LogP contribution in [0.3, 0.4) is 0 Å². The second kappa shape index (κ2) is 12.8.